The minimum Gasteiger partial charge on any atom is -0.388 e. The van der Waals surface area contributed by atoms with E-state index in [-0.39, 0.29) is 6.10 Å². The molecule has 1 atom stereocenters. The Kier molecular flexibility index (Phi) is 5.60. The van der Waals surface area contributed by atoms with Gasteiger partial charge in [-0.1, -0.05) is 60.7 Å². The third-order valence-corrected chi connectivity index (χ3v) is 3.21. The van der Waals surface area contributed by atoms with E-state index in [1.165, 1.54) is 5.56 Å². The molecule has 2 rings (SSSR count). The number of hydrogen-bond acceptors (Lipinski definition) is 2. The summed E-state index contributed by atoms with van der Waals surface area (Å²) in [6, 6.07) is 20.3. The minimum atomic E-state index is -0.370. The summed E-state index contributed by atoms with van der Waals surface area (Å²) in [5, 5.41) is 13.4. The third-order valence-electron chi connectivity index (χ3n) is 3.21. The van der Waals surface area contributed by atoms with Gasteiger partial charge >= 0.3 is 0 Å². The van der Waals surface area contributed by atoms with Crippen molar-refractivity contribution < 1.29 is 5.11 Å². The van der Waals surface area contributed by atoms with Crippen LogP contribution in [0.5, 0.6) is 0 Å². The minimum absolute atomic E-state index is 0.370. The average molecular weight is 255 g/mol. The van der Waals surface area contributed by atoms with Crippen molar-refractivity contribution in [2.75, 3.05) is 13.1 Å². The predicted molar refractivity (Wildman–Crippen MR) is 79.0 cm³/mol. The van der Waals surface area contributed by atoms with E-state index < -0.39 is 0 Å². The van der Waals surface area contributed by atoms with Gasteiger partial charge in [-0.25, -0.2) is 0 Å². The van der Waals surface area contributed by atoms with Crippen LogP contribution in [0.2, 0.25) is 0 Å². The van der Waals surface area contributed by atoms with E-state index in [1.54, 1.807) is 0 Å². The summed E-state index contributed by atoms with van der Waals surface area (Å²) in [6.45, 7) is 1.79. The van der Waals surface area contributed by atoms with Gasteiger partial charge in [-0.2, -0.15) is 0 Å². The molecule has 100 valence electrons. The lowest BCUT2D eigenvalue weighted by Crippen LogP contribution is -2.20. The molecule has 0 unspecified atom stereocenters. The molecule has 2 heteroatoms. The van der Waals surface area contributed by atoms with Crippen molar-refractivity contribution in [3.63, 3.8) is 0 Å². The summed E-state index contributed by atoms with van der Waals surface area (Å²) in [4.78, 5) is 0. The Morgan fingerprint density at radius 3 is 2.16 bits per heavy atom. The van der Waals surface area contributed by atoms with Gasteiger partial charge < -0.3 is 10.4 Å². The Morgan fingerprint density at radius 1 is 0.842 bits per heavy atom. The quantitative estimate of drug-likeness (QED) is 0.746. The highest BCUT2D eigenvalue weighted by Gasteiger charge is 2.05. The summed E-state index contributed by atoms with van der Waals surface area (Å²) in [5.41, 5.74) is 2.34. The predicted octanol–water partition coefficient (Wildman–Crippen LogP) is 2.94. The fourth-order valence-electron chi connectivity index (χ4n) is 2.08. The summed E-state index contributed by atoms with van der Waals surface area (Å²) in [6.07, 6.45) is 1.41. The monoisotopic (exact) mass is 255 g/mol. The van der Waals surface area contributed by atoms with Crippen LogP contribution in [-0.2, 0) is 6.42 Å². The highest BCUT2D eigenvalue weighted by atomic mass is 16.3. The zero-order valence-corrected chi connectivity index (χ0v) is 11.1. The summed E-state index contributed by atoms with van der Waals surface area (Å²) >= 11 is 0. The van der Waals surface area contributed by atoms with E-state index in [0.717, 1.165) is 31.5 Å². The molecule has 0 aromatic heterocycles. The fourth-order valence-corrected chi connectivity index (χ4v) is 2.08. The van der Waals surface area contributed by atoms with Gasteiger partial charge in [-0.15, -0.1) is 0 Å². The number of nitrogens with one attached hydrogen (secondary N) is 1. The van der Waals surface area contributed by atoms with E-state index >= 15 is 0 Å². The van der Waals surface area contributed by atoms with Crippen LogP contribution in [0.4, 0.5) is 0 Å². The smallest absolute Gasteiger partial charge is 0.0802 e. The van der Waals surface area contributed by atoms with E-state index in [9.17, 15) is 5.11 Å². The zero-order chi connectivity index (χ0) is 13.3. The number of rotatable bonds is 7. The van der Waals surface area contributed by atoms with Gasteiger partial charge in [-0.05, 0) is 37.1 Å². The third kappa shape index (κ3) is 4.86. The maximum Gasteiger partial charge on any atom is 0.0802 e. The second-order valence-corrected chi connectivity index (χ2v) is 4.70. The molecule has 0 heterocycles. The molecule has 0 amide bonds. The molecule has 0 aliphatic heterocycles. The van der Waals surface area contributed by atoms with Crippen LogP contribution in [0, 0.1) is 0 Å². The second kappa shape index (κ2) is 7.72. The van der Waals surface area contributed by atoms with E-state index in [4.69, 9.17) is 0 Å². The molecule has 0 aliphatic rings. The molecule has 0 bridgehead atoms. The SMILES string of the molecule is O[C@H](CCNCCc1ccccc1)c1ccccc1. The van der Waals surface area contributed by atoms with Crippen LogP contribution in [0.15, 0.2) is 60.7 Å². The fraction of sp³-hybridized carbons (Fsp3) is 0.294. The lowest BCUT2D eigenvalue weighted by Gasteiger charge is -2.11. The number of benzene rings is 2. The average Bonchev–Trinajstić information content (AvgIpc) is 2.49. The Morgan fingerprint density at radius 2 is 1.47 bits per heavy atom. The molecule has 0 saturated heterocycles. The molecule has 2 N–H and O–H groups in total. The van der Waals surface area contributed by atoms with Crippen molar-refractivity contribution >= 4 is 0 Å². The van der Waals surface area contributed by atoms with Crippen LogP contribution in [-0.4, -0.2) is 18.2 Å². The highest BCUT2D eigenvalue weighted by molar-refractivity contribution is 5.17. The van der Waals surface area contributed by atoms with Gasteiger partial charge in [0.25, 0.3) is 0 Å². The first-order chi connectivity index (χ1) is 9.36. The van der Waals surface area contributed by atoms with Gasteiger partial charge in [0, 0.05) is 0 Å². The van der Waals surface area contributed by atoms with Crippen LogP contribution in [0.25, 0.3) is 0 Å². The van der Waals surface area contributed by atoms with Crippen LogP contribution >= 0.6 is 0 Å². The Labute approximate surface area is 115 Å². The number of aliphatic hydroxyl groups is 1. The molecule has 2 aromatic carbocycles. The summed E-state index contributed by atoms with van der Waals surface area (Å²) in [7, 11) is 0. The van der Waals surface area contributed by atoms with Gasteiger partial charge in [0.15, 0.2) is 0 Å². The van der Waals surface area contributed by atoms with E-state index in [2.05, 4.69) is 29.6 Å². The maximum absolute atomic E-state index is 10.00. The van der Waals surface area contributed by atoms with Crippen molar-refractivity contribution in [3.05, 3.63) is 71.8 Å². The van der Waals surface area contributed by atoms with Gasteiger partial charge in [0.2, 0.25) is 0 Å². The normalized spacial score (nSPS) is 12.3. The summed E-state index contributed by atoms with van der Waals surface area (Å²) in [5.74, 6) is 0. The lowest BCUT2D eigenvalue weighted by atomic mass is 10.1. The maximum atomic E-state index is 10.00. The van der Waals surface area contributed by atoms with E-state index in [1.807, 2.05) is 36.4 Å². The van der Waals surface area contributed by atoms with Crippen molar-refractivity contribution in [1.29, 1.82) is 0 Å². The van der Waals surface area contributed by atoms with Gasteiger partial charge in [0.1, 0.15) is 0 Å². The van der Waals surface area contributed by atoms with Crippen molar-refractivity contribution in [3.8, 4) is 0 Å². The Bertz CT molecular complexity index is 455. The Hall–Kier alpha value is -1.64. The summed E-state index contributed by atoms with van der Waals surface area (Å²) < 4.78 is 0. The number of aliphatic hydroxyl groups excluding tert-OH is 1. The lowest BCUT2D eigenvalue weighted by molar-refractivity contribution is 0.167. The highest BCUT2D eigenvalue weighted by Crippen LogP contribution is 2.14. The molecule has 0 saturated carbocycles. The first-order valence-electron chi connectivity index (χ1n) is 6.84. The number of hydrogen-bond donors (Lipinski definition) is 2. The molecule has 0 radical (unpaired) electrons. The van der Waals surface area contributed by atoms with Crippen LogP contribution < -0.4 is 5.32 Å². The van der Waals surface area contributed by atoms with Gasteiger partial charge in [0.05, 0.1) is 6.10 Å². The van der Waals surface area contributed by atoms with E-state index in [0.29, 0.717) is 0 Å². The van der Waals surface area contributed by atoms with Gasteiger partial charge in [-0.3, -0.25) is 0 Å². The van der Waals surface area contributed by atoms with Crippen LogP contribution in [0.3, 0.4) is 0 Å². The van der Waals surface area contributed by atoms with Crippen molar-refractivity contribution in [2.45, 2.75) is 18.9 Å². The first-order valence-corrected chi connectivity index (χ1v) is 6.84. The topological polar surface area (TPSA) is 32.3 Å². The first kappa shape index (κ1) is 13.8. The molecule has 19 heavy (non-hydrogen) atoms. The van der Waals surface area contributed by atoms with Crippen molar-refractivity contribution in [1.82, 2.24) is 5.32 Å². The standard InChI is InChI=1S/C17H21NO/c19-17(16-9-5-2-6-10-16)12-14-18-13-11-15-7-3-1-4-8-15/h1-10,17-19H,11-14H2/t17-/m1/s1. The molecule has 0 spiro atoms. The molecular weight excluding hydrogens is 234 g/mol. The molecule has 2 aromatic rings. The molecular formula is C17H21NO. The van der Waals surface area contributed by atoms with Crippen LogP contribution in [0.1, 0.15) is 23.7 Å². The second-order valence-electron chi connectivity index (χ2n) is 4.70. The van der Waals surface area contributed by atoms with Crippen molar-refractivity contribution in [2.24, 2.45) is 0 Å². The Balaban J connectivity index is 1.62. The molecule has 2 nitrogen and oxygen atoms in total. The molecule has 0 fully saturated rings. The molecule has 0 aliphatic carbocycles. The zero-order valence-electron chi connectivity index (χ0n) is 11.1. The largest absolute Gasteiger partial charge is 0.388 e.